The molecule has 1 heterocycles. The van der Waals surface area contributed by atoms with Crippen molar-refractivity contribution in [3.8, 4) is 5.75 Å². The molecule has 0 aliphatic carbocycles. The fourth-order valence-corrected chi connectivity index (χ4v) is 3.61. The molecule has 0 atom stereocenters. The summed E-state index contributed by atoms with van der Waals surface area (Å²) < 4.78 is 5.46. The number of hydrogen-bond donors (Lipinski definition) is 2. The van der Waals surface area contributed by atoms with Crippen molar-refractivity contribution in [1.82, 2.24) is 10.2 Å². The lowest BCUT2D eigenvalue weighted by molar-refractivity contribution is -0.136. The first-order valence-electron chi connectivity index (χ1n) is 10.0. The molecule has 2 N–H and O–H groups in total. The third kappa shape index (κ3) is 5.87. The first-order chi connectivity index (χ1) is 14.6. The largest absolute Gasteiger partial charge is 0.495 e. The van der Waals surface area contributed by atoms with Crippen LogP contribution in [0.4, 0.5) is 11.4 Å². The molecule has 0 unspecified atom stereocenters. The normalized spacial score (nSPS) is 14.3. The van der Waals surface area contributed by atoms with Crippen LogP contribution in [0.15, 0.2) is 48.5 Å². The highest BCUT2D eigenvalue weighted by molar-refractivity contribution is 6.41. The lowest BCUT2D eigenvalue weighted by Gasteiger charge is -2.36. The summed E-state index contributed by atoms with van der Waals surface area (Å²) in [4.78, 5) is 28.6. The Morgan fingerprint density at radius 1 is 1.00 bits per heavy atom. The second-order valence-corrected chi connectivity index (χ2v) is 7.45. The van der Waals surface area contributed by atoms with Gasteiger partial charge in [-0.1, -0.05) is 35.9 Å². The SMILES string of the molecule is COc1ccccc1N1CCN(CCCNC(=O)C(=O)Nc2ccccc2Cl)CC1. The fourth-order valence-electron chi connectivity index (χ4n) is 3.43. The average molecular weight is 431 g/mol. The van der Waals surface area contributed by atoms with Gasteiger partial charge in [0.15, 0.2) is 0 Å². The maximum atomic E-state index is 12.0. The average Bonchev–Trinajstić information content (AvgIpc) is 2.78. The van der Waals surface area contributed by atoms with Crippen LogP contribution in [-0.2, 0) is 9.59 Å². The molecule has 2 aromatic rings. The summed E-state index contributed by atoms with van der Waals surface area (Å²) in [5, 5.41) is 5.58. The van der Waals surface area contributed by atoms with Gasteiger partial charge in [-0.25, -0.2) is 0 Å². The topological polar surface area (TPSA) is 73.9 Å². The van der Waals surface area contributed by atoms with Gasteiger partial charge in [-0.15, -0.1) is 0 Å². The molecule has 3 rings (SSSR count). The zero-order valence-corrected chi connectivity index (χ0v) is 17.8. The van der Waals surface area contributed by atoms with E-state index in [2.05, 4.69) is 26.5 Å². The number of rotatable bonds is 7. The van der Waals surface area contributed by atoms with E-state index in [1.54, 1.807) is 31.4 Å². The summed E-state index contributed by atoms with van der Waals surface area (Å²) in [6.07, 6.45) is 0.778. The molecule has 0 spiro atoms. The van der Waals surface area contributed by atoms with Crippen LogP contribution in [-0.4, -0.2) is 63.1 Å². The number of carbonyl (C=O) groups is 2. The van der Waals surface area contributed by atoms with Gasteiger partial charge in [0.2, 0.25) is 0 Å². The number of halogens is 1. The van der Waals surface area contributed by atoms with E-state index in [0.717, 1.165) is 50.6 Å². The molecule has 0 aromatic heterocycles. The summed E-state index contributed by atoms with van der Waals surface area (Å²) in [6.45, 7) is 5.05. The van der Waals surface area contributed by atoms with Gasteiger partial charge in [-0.2, -0.15) is 0 Å². The molecule has 1 fully saturated rings. The molecule has 7 nitrogen and oxygen atoms in total. The molecule has 2 aromatic carbocycles. The lowest BCUT2D eigenvalue weighted by Crippen LogP contribution is -2.47. The van der Waals surface area contributed by atoms with E-state index in [1.807, 2.05) is 18.2 Å². The van der Waals surface area contributed by atoms with Crippen LogP contribution in [0.2, 0.25) is 5.02 Å². The van der Waals surface area contributed by atoms with Crippen molar-refractivity contribution in [2.75, 3.05) is 56.6 Å². The standard InChI is InChI=1S/C22H27ClN4O3/c1-30-20-10-5-4-9-19(20)27-15-13-26(14-16-27)12-6-11-24-21(28)22(29)25-18-8-3-2-7-17(18)23/h2-5,7-10H,6,11-16H2,1H3,(H,24,28)(H,25,29). The summed E-state index contributed by atoms with van der Waals surface area (Å²) in [7, 11) is 1.69. The van der Waals surface area contributed by atoms with Crippen molar-refractivity contribution >= 4 is 34.8 Å². The van der Waals surface area contributed by atoms with Crippen molar-refractivity contribution in [3.63, 3.8) is 0 Å². The van der Waals surface area contributed by atoms with E-state index < -0.39 is 11.8 Å². The number of benzene rings is 2. The predicted molar refractivity (Wildman–Crippen MR) is 119 cm³/mol. The first-order valence-corrected chi connectivity index (χ1v) is 10.4. The van der Waals surface area contributed by atoms with Crippen molar-refractivity contribution in [2.24, 2.45) is 0 Å². The minimum atomic E-state index is -0.714. The minimum Gasteiger partial charge on any atom is -0.495 e. The van der Waals surface area contributed by atoms with Gasteiger partial charge < -0.3 is 20.3 Å². The lowest BCUT2D eigenvalue weighted by atomic mass is 10.2. The van der Waals surface area contributed by atoms with E-state index in [0.29, 0.717) is 17.3 Å². The zero-order chi connectivity index (χ0) is 21.3. The molecule has 0 saturated carbocycles. The number of para-hydroxylation sites is 3. The highest BCUT2D eigenvalue weighted by atomic mass is 35.5. The molecule has 2 amide bonds. The van der Waals surface area contributed by atoms with Crippen molar-refractivity contribution in [2.45, 2.75) is 6.42 Å². The van der Waals surface area contributed by atoms with Crippen molar-refractivity contribution < 1.29 is 14.3 Å². The number of anilines is 2. The van der Waals surface area contributed by atoms with Gasteiger partial charge in [0.1, 0.15) is 5.75 Å². The zero-order valence-electron chi connectivity index (χ0n) is 17.1. The van der Waals surface area contributed by atoms with E-state index in [1.165, 1.54) is 0 Å². The number of piperazine rings is 1. The Bertz CT molecular complexity index is 869. The number of nitrogens with one attached hydrogen (secondary N) is 2. The van der Waals surface area contributed by atoms with Crippen molar-refractivity contribution in [1.29, 1.82) is 0 Å². The number of methoxy groups -OCH3 is 1. The van der Waals surface area contributed by atoms with Crippen molar-refractivity contribution in [3.05, 3.63) is 53.6 Å². The Labute approximate surface area is 181 Å². The molecule has 0 bridgehead atoms. The molecule has 160 valence electrons. The van der Waals surface area contributed by atoms with Crippen LogP contribution < -0.4 is 20.3 Å². The third-order valence-electron chi connectivity index (χ3n) is 5.06. The molecule has 1 aliphatic heterocycles. The van der Waals surface area contributed by atoms with E-state index >= 15 is 0 Å². The van der Waals surface area contributed by atoms with E-state index in [4.69, 9.17) is 16.3 Å². The Morgan fingerprint density at radius 3 is 2.43 bits per heavy atom. The molecular weight excluding hydrogens is 404 g/mol. The Balaban J connectivity index is 1.35. The van der Waals surface area contributed by atoms with Crippen LogP contribution in [0.5, 0.6) is 5.75 Å². The summed E-state index contributed by atoms with van der Waals surface area (Å²) >= 11 is 5.99. The fraction of sp³-hybridized carbons (Fsp3) is 0.364. The molecule has 1 saturated heterocycles. The molecule has 0 radical (unpaired) electrons. The second kappa shape index (κ2) is 10.8. The Kier molecular flexibility index (Phi) is 7.93. The van der Waals surface area contributed by atoms with Gasteiger partial charge in [0, 0.05) is 32.7 Å². The van der Waals surface area contributed by atoms with Crippen LogP contribution in [0.25, 0.3) is 0 Å². The van der Waals surface area contributed by atoms with E-state index in [9.17, 15) is 9.59 Å². The van der Waals surface area contributed by atoms with Gasteiger partial charge in [-0.3, -0.25) is 14.5 Å². The number of nitrogens with zero attached hydrogens (tertiary/aromatic N) is 2. The molecule has 1 aliphatic rings. The third-order valence-corrected chi connectivity index (χ3v) is 5.39. The summed E-state index contributed by atoms with van der Waals surface area (Å²) in [5.41, 5.74) is 1.55. The maximum absolute atomic E-state index is 12.0. The Hall–Kier alpha value is -2.77. The number of ether oxygens (including phenoxy) is 1. The van der Waals surface area contributed by atoms with Crippen LogP contribution in [0, 0.1) is 0 Å². The van der Waals surface area contributed by atoms with Gasteiger partial charge >= 0.3 is 11.8 Å². The first kappa shape index (κ1) is 21.9. The van der Waals surface area contributed by atoms with Gasteiger partial charge in [-0.05, 0) is 37.2 Å². The second-order valence-electron chi connectivity index (χ2n) is 7.04. The highest BCUT2D eigenvalue weighted by Gasteiger charge is 2.19. The number of amides is 2. The quantitative estimate of drug-likeness (QED) is 0.521. The van der Waals surface area contributed by atoms with Gasteiger partial charge in [0.25, 0.3) is 0 Å². The Morgan fingerprint density at radius 2 is 1.70 bits per heavy atom. The maximum Gasteiger partial charge on any atom is 0.313 e. The predicted octanol–water partition coefficient (Wildman–Crippen LogP) is 2.62. The minimum absolute atomic E-state index is 0.394. The summed E-state index contributed by atoms with van der Waals surface area (Å²) in [6, 6.07) is 14.9. The van der Waals surface area contributed by atoms with Gasteiger partial charge in [0.05, 0.1) is 23.5 Å². The van der Waals surface area contributed by atoms with Crippen LogP contribution >= 0.6 is 11.6 Å². The molecular formula is C22H27ClN4O3. The number of hydrogen-bond acceptors (Lipinski definition) is 5. The molecule has 30 heavy (non-hydrogen) atoms. The number of carbonyl (C=O) groups excluding carboxylic acids is 2. The summed E-state index contributed by atoms with van der Waals surface area (Å²) in [5.74, 6) is -0.479. The highest BCUT2D eigenvalue weighted by Crippen LogP contribution is 2.28. The smallest absolute Gasteiger partial charge is 0.313 e. The molecule has 8 heteroatoms. The van der Waals surface area contributed by atoms with Crippen LogP contribution in [0.3, 0.4) is 0 Å². The van der Waals surface area contributed by atoms with Crippen LogP contribution in [0.1, 0.15) is 6.42 Å². The monoisotopic (exact) mass is 430 g/mol. The van der Waals surface area contributed by atoms with E-state index in [-0.39, 0.29) is 0 Å².